The summed E-state index contributed by atoms with van der Waals surface area (Å²) >= 11 is 6.03. The molecular formula is C16H12ClNO3. The first-order chi connectivity index (χ1) is 10.1. The van der Waals surface area contributed by atoms with Crippen molar-refractivity contribution in [2.45, 2.75) is 6.92 Å². The number of nitrogens with zero attached hydrogens (tertiary/aromatic N) is 1. The molecule has 0 aromatic heterocycles. The van der Waals surface area contributed by atoms with Crippen molar-refractivity contribution in [2.75, 3.05) is 6.61 Å². The molecule has 0 N–H and O–H groups in total. The molecular weight excluding hydrogens is 290 g/mol. The predicted molar refractivity (Wildman–Crippen MR) is 78.6 cm³/mol. The monoisotopic (exact) mass is 301 g/mol. The van der Waals surface area contributed by atoms with E-state index in [1.807, 2.05) is 6.07 Å². The maximum absolute atomic E-state index is 11.5. The highest BCUT2D eigenvalue weighted by atomic mass is 35.5. The molecule has 4 nitrogen and oxygen atoms in total. The Labute approximate surface area is 127 Å². The molecule has 21 heavy (non-hydrogen) atoms. The minimum atomic E-state index is -0.375. The summed E-state index contributed by atoms with van der Waals surface area (Å²) in [6, 6.07) is 13.3. The van der Waals surface area contributed by atoms with Crippen LogP contribution in [0.3, 0.4) is 0 Å². The van der Waals surface area contributed by atoms with Gasteiger partial charge in [-0.25, -0.2) is 4.79 Å². The Morgan fingerprint density at radius 1 is 1.24 bits per heavy atom. The highest BCUT2D eigenvalue weighted by molar-refractivity contribution is 6.32. The van der Waals surface area contributed by atoms with Crippen LogP contribution in [0.15, 0.2) is 42.5 Å². The van der Waals surface area contributed by atoms with Crippen molar-refractivity contribution < 1.29 is 14.3 Å². The lowest BCUT2D eigenvalue weighted by Crippen LogP contribution is -2.04. The molecule has 2 rings (SSSR count). The fourth-order valence-corrected chi connectivity index (χ4v) is 1.87. The van der Waals surface area contributed by atoms with Crippen LogP contribution in [-0.4, -0.2) is 12.6 Å². The normalized spacial score (nSPS) is 9.76. The smallest absolute Gasteiger partial charge is 0.338 e. The molecule has 0 bridgehead atoms. The number of benzene rings is 2. The first-order valence-corrected chi connectivity index (χ1v) is 6.66. The van der Waals surface area contributed by atoms with Crippen molar-refractivity contribution in [3.63, 3.8) is 0 Å². The van der Waals surface area contributed by atoms with E-state index in [9.17, 15) is 4.79 Å². The fourth-order valence-electron chi connectivity index (χ4n) is 1.65. The molecule has 0 atom stereocenters. The fraction of sp³-hybridized carbons (Fsp3) is 0.125. The number of rotatable bonds is 4. The van der Waals surface area contributed by atoms with E-state index in [1.165, 1.54) is 6.07 Å². The molecule has 0 aliphatic rings. The number of esters is 1. The molecule has 2 aromatic rings. The molecule has 0 saturated carbocycles. The molecule has 0 spiro atoms. The van der Waals surface area contributed by atoms with Gasteiger partial charge in [-0.1, -0.05) is 11.6 Å². The highest BCUT2D eigenvalue weighted by Gasteiger charge is 2.08. The lowest BCUT2D eigenvalue weighted by molar-refractivity contribution is 0.0526. The second-order valence-corrected chi connectivity index (χ2v) is 4.51. The largest absolute Gasteiger partial charge is 0.462 e. The van der Waals surface area contributed by atoms with Crippen LogP contribution in [0.2, 0.25) is 5.02 Å². The topological polar surface area (TPSA) is 59.3 Å². The number of carbonyl (C=O) groups excluding carboxylic acids is 1. The predicted octanol–water partition coefficient (Wildman–Crippen LogP) is 4.18. The first-order valence-electron chi connectivity index (χ1n) is 6.28. The zero-order valence-electron chi connectivity index (χ0n) is 11.3. The third-order valence-corrected chi connectivity index (χ3v) is 2.95. The van der Waals surface area contributed by atoms with Gasteiger partial charge in [-0.05, 0) is 49.4 Å². The van der Waals surface area contributed by atoms with E-state index in [0.29, 0.717) is 34.3 Å². The van der Waals surface area contributed by atoms with E-state index < -0.39 is 0 Å². The molecule has 0 aliphatic heterocycles. The van der Waals surface area contributed by atoms with Crippen LogP contribution in [0.5, 0.6) is 11.5 Å². The van der Waals surface area contributed by atoms with Crippen molar-refractivity contribution in [2.24, 2.45) is 0 Å². The van der Waals surface area contributed by atoms with Crippen LogP contribution >= 0.6 is 11.6 Å². The van der Waals surface area contributed by atoms with Gasteiger partial charge in [0, 0.05) is 0 Å². The molecule has 2 aromatic carbocycles. The molecule has 0 amide bonds. The number of nitriles is 1. The number of ether oxygens (including phenoxy) is 2. The lowest BCUT2D eigenvalue weighted by Gasteiger charge is -2.08. The van der Waals surface area contributed by atoms with Crippen molar-refractivity contribution in [1.82, 2.24) is 0 Å². The second kappa shape index (κ2) is 6.78. The summed E-state index contributed by atoms with van der Waals surface area (Å²) < 4.78 is 10.5. The average Bonchev–Trinajstić information content (AvgIpc) is 2.50. The Morgan fingerprint density at radius 3 is 2.52 bits per heavy atom. The standard InChI is InChI=1S/C16H12ClNO3/c1-2-20-16(19)12-4-6-13(7-5-12)21-15-8-3-11(10-18)9-14(15)17/h3-9H,2H2,1H3. The van der Waals surface area contributed by atoms with Gasteiger partial charge in [-0.2, -0.15) is 5.26 Å². The maximum atomic E-state index is 11.5. The van der Waals surface area contributed by atoms with E-state index in [0.717, 1.165) is 0 Å². The molecule has 0 aliphatic carbocycles. The highest BCUT2D eigenvalue weighted by Crippen LogP contribution is 2.30. The Bertz CT molecular complexity index is 690. The van der Waals surface area contributed by atoms with Crippen LogP contribution in [0, 0.1) is 11.3 Å². The molecule has 0 heterocycles. The number of hydrogen-bond acceptors (Lipinski definition) is 4. The van der Waals surface area contributed by atoms with Crippen LogP contribution in [0.4, 0.5) is 0 Å². The summed E-state index contributed by atoms with van der Waals surface area (Å²) in [5.41, 5.74) is 0.917. The van der Waals surface area contributed by atoms with Crippen molar-refractivity contribution in [3.8, 4) is 17.6 Å². The molecule has 0 saturated heterocycles. The number of halogens is 1. The summed E-state index contributed by atoms with van der Waals surface area (Å²) in [7, 11) is 0. The van der Waals surface area contributed by atoms with Crippen LogP contribution < -0.4 is 4.74 Å². The van der Waals surface area contributed by atoms with Gasteiger partial charge in [-0.3, -0.25) is 0 Å². The van der Waals surface area contributed by atoms with Crippen LogP contribution in [0.1, 0.15) is 22.8 Å². The van der Waals surface area contributed by atoms with Gasteiger partial charge in [0.25, 0.3) is 0 Å². The average molecular weight is 302 g/mol. The van der Waals surface area contributed by atoms with E-state index in [2.05, 4.69) is 0 Å². The maximum Gasteiger partial charge on any atom is 0.338 e. The lowest BCUT2D eigenvalue weighted by atomic mass is 10.2. The molecule has 5 heteroatoms. The third-order valence-electron chi connectivity index (χ3n) is 2.65. The molecule has 0 radical (unpaired) electrons. The van der Waals surface area contributed by atoms with Crippen LogP contribution in [-0.2, 0) is 4.74 Å². The Hall–Kier alpha value is -2.51. The van der Waals surface area contributed by atoms with Gasteiger partial charge in [0.2, 0.25) is 0 Å². The van der Waals surface area contributed by atoms with E-state index in [1.54, 1.807) is 43.3 Å². The van der Waals surface area contributed by atoms with E-state index in [-0.39, 0.29) is 5.97 Å². The minimum absolute atomic E-state index is 0.331. The second-order valence-electron chi connectivity index (χ2n) is 4.10. The summed E-state index contributed by atoms with van der Waals surface area (Å²) in [4.78, 5) is 11.5. The zero-order chi connectivity index (χ0) is 15.2. The van der Waals surface area contributed by atoms with Gasteiger partial charge in [0.1, 0.15) is 11.5 Å². The van der Waals surface area contributed by atoms with Gasteiger partial charge in [-0.15, -0.1) is 0 Å². The quantitative estimate of drug-likeness (QED) is 0.795. The van der Waals surface area contributed by atoms with Gasteiger partial charge in [0.05, 0.1) is 28.8 Å². The van der Waals surface area contributed by atoms with Gasteiger partial charge >= 0.3 is 5.97 Å². The van der Waals surface area contributed by atoms with Crippen LogP contribution in [0.25, 0.3) is 0 Å². The Balaban J connectivity index is 2.14. The van der Waals surface area contributed by atoms with E-state index >= 15 is 0 Å². The molecule has 0 fully saturated rings. The van der Waals surface area contributed by atoms with Gasteiger partial charge in [0.15, 0.2) is 0 Å². The number of hydrogen-bond donors (Lipinski definition) is 0. The minimum Gasteiger partial charge on any atom is -0.462 e. The summed E-state index contributed by atoms with van der Waals surface area (Å²) in [5, 5.41) is 9.13. The third kappa shape index (κ3) is 3.74. The van der Waals surface area contributed by atoms with Crippen molar-refractivity contribution in [3.05, 3.63) is 58.6 Å². The summed E-state index contributed by atoms with van der Waals surface area (Å²) in [6.45, 7) is 2.08. The van der Waals surface area contributed by atoms with E-state index in [4.69, 9.17) is 26.3 Å². The van der Waals surface area contributed by atoms with Crippen molar-refractivity contribution in [1.29, 1.82) is 5.26 Å². The summed E-state index contributed by atoms with van der Waals surface area (Å²) in [5.74, 6) is 0.606. The number of carbonyl (C=O) groups is 1. The van der Waals surface area contributed by atoms with Gasteiger partial charge < -0.3 is 9.47 Å². The zero-order valence-corrected chi connectivity index (χ0v) is 12.1. The molecule has 0 unspecified atom stereocenters. The SMILES string of the molecule is CCOC(=O)c1ccc(Oc2ccc(C#N)cc2Cl)cc1. The summed E-state index contributed by atoms with van der Waals surface area (Å²) in [6.07, 6.45) is 0. The first kappa shape index (κ1) is 14.9. The Kier molecular flexibility index (Phi) is 4.81. The molecule has 106 valence electrons. The van der Waals surface area contributed by atoms with Crippen molar-refractivity contribution >= 4 is 17.6 Å². The Morgan fingerprint density at radius 2 is 1.95 bits per heavy atom.